The zero-order valence-electron chi connectivity index (χ0n) is 35.0. The van der Waals surface area contributed by atoms with Crippen molar-refractivity contribution in [2.75, 3.05) is 59.3 Å². The van der Waals surface area contributed by atoms with E-state index in [2.05, 4.69) is 31.9 Å². The van der Waals surface area contributed by atoms with Gasteiger partial charge in [-0.2, -0.15) is 0 Å². The van der Waals surface area contributed by atoms with Crippen molar-refractivity contribution in [1.29, 1.82) is 0 Å². The van der Waals surface area contributed by atoms with Crippen LogP contribution in [0.15, 0.2) is 0 Å². The first-order chi connectivity index (χ1) is 28.7. The second kappa shape index (κ2) is 30.5. The van der Waals surface area contributed by atoms with Gasteiger partial charge < -0.3 is 61.4 Å². The van der Waals surface area contributed by atoms with Crippen LogP contribution >= 0.6 is 0 Å². The van der Waals surface area contributed by atoms with Gasteiger partial charge >= 0.3 is 23.9 Å². The number of carboxylic acid groups (broad SMARTS) is 3. The van der Waals surface area contributed by atoms with E-state index in [0.717, 1.165) is 44.9 Å². The second-order valence-corrected chi connectivity index (χ2v) is 15.5. The van der Waals surface area contributed by atoms with Crippen molar-refractivity contribution >= 4 is 47.6 Å². The Kier molecular flexibility index (Phi) is 26.2. The summed E-state index contributed by atoms with van der Waals surface area (Å²) in [4.78, 5) is 96.2. The van der Waals surface area contributed by atoms with Crippen molar-refractivity contribution in [2.45, 2.75) is 128 Å². The number of ether oxygens (including phenoxy) is 3. The number of amides is 6. The van der Waals surface area contributed by atoms with Gasteiger partial charge in [-0.05, 0) is 69.6 Å². The van der Waals surface area contributed by atoms with Gasteiger partial charge in [0, 0.05) is 45.3 Å². The van der Waals surface area contributed by atoms with Gasteiger partial charge in [-0.1, -0.05) is 32.1 Å². The molecule has 60 heavy (non-hydrogen) atoms. The zero-order chi connectivity index (χ0) is 44.1. The standard InChI is InChI=1S/C40H68N6O14/c1-27(47)41-18-20-59-22-24-60-23-21-58-19-16-34(48)43-26-29-10-12-30(13-11-29)36(51)44-33(25-28-7-3-2-4-8-28)37(52)42-17-6-5-9-31(38(53)54)45-40(57)46-32(39(55)56)14-15-35(49)50/h28-33H,2-26H2,1H3,(H,41,47)(H,42,52)(H,43,48)(H,44,51)(H,49,50)(H,53,54)(H,55,56)(H2,45,46,57)/t29?,30?,31-,32-,33-/m0/s1. The first kappa shape index (κ1) is 51.6. The molecule has 0 aromatic rings. The van der Waals surface area contributed by atoms with Crippen LogP contribution in [0.3, 0.4) is 0 Å². The molecule has 2 rings (SSSR count). The molecule has 0 aromatic carbocycles. The minimum Gasteiger partial charge on any atom is -0.481 e. The first-order valence-corrected chi connectivity index (χ1v) is 21.3. The molecule has 0 radical (unpaired) electrons. The Morgan fingerprint density at radius 3 is 1.78 bits per heavy atom. The molecule has 342 valence electrons. The molecule has 9 N–H and O–H groups in total. The zero-order valence-corrected chi connectivity index (χ0v) is 35.0. The van der Waals surface area contributed by atoms with Crippen LogP contribution < -0.4 is 31.9 Å². The number of unbranched alkanes of at least 4 members (excludes halogenated alkanes) is 1. The molecule has 2 aliphatic carbocycles. The van der Waals surface area contributed by atoms with E-state index in [1.165, 1.54) is 6.92 Å². The van der Waals surface area contributed by atoms with Crippen LogP contribution in [0.2, 0.25) is 0 Å². The summed E-state index contributed by atoms with van der Waals surface area (Å²) in [6.45, 7) is 4.84. The van der Waals surface area contributed by atoms with Crippen molar-refractivity contribution in [1.82, 2.24) is 31.9 Å². The predicted molar refractivity (Wildman–Crippen MR) is 216 cm³/mol. The number of carboxylic acids is 3. The topological polar surface area (TPSA) is 297 Å². The minimum absolute atomic E-state index is 0.00704. The molecule has 0 bridgehead atoms. The van der Waals surface area contributed by atoms with Crippen LogP contribution in [0.4, 0.5) is 4.79 Å². The average molecular weight is 857 g/mol. The number of urea groups is 1. The summed E-state index contributed by atoms with van der Waals surface area (Å²) in [7, 11) is 0. The maximum absolute atomic E-state index is 13.4. The number of carbonyl (C=O) groups excluding carboxylic acids is 5. The van der Waals surface area contributed by atoms with Gasteiger partial charge in [-0.25, -0.2) is 14.4 Å². The van der Waals surface area contributed by atoms with Crippen molar-refractivity contribution < 1.29 is 67.9 Å². The molecule has 3 atom stereocenters. The molecular weight excluding hydrogens is 788 g/mol. The number of hydrogen-bond acceptors (Lipinski definition) is 11. The SMILES string of the molecule is CC(=O)NCCOCCOCCOCCC(=O)NCC1CCC(C(=O)N[C@@H](CC2CCCCC2)C(=O)NCCCC[C@H](NC(=O)N[C@@H](CCC(=O)O)C(=O)O)C(=O)O)CC1. The van der Waals surface area contributed by atoms with E-state index in [1.807, 2.05) is 0 Å². The van der Waals surface area contributed by atoms with E-state index < -0.39 is 48.5 Å². The monoisotopic (exact) mass is 856 g/mol. The molecule has 2 fully saturated rings. The summed E-state index contributed by atoms with van der Waals surface area (Å²) in [5.74, 6) is -4.40. The Bertz CT molecular complexity index is 1360. The summed E-state index contributed by atoms with van der Waals surface area (Å²) in [5.41, 5.74) is 0. The fourth-order valence-corrected chi connectivity index (χ4v) is 7.21. The summed E-state index contributed by atoms with van der Waals surface area (Å²) in [5, 5.41) is 43.4. The van der Waals surface area contributed by atoms with Crippen LogP contribution in [-0.4, -0.2) is 140 Å². The molecule has 2 saturated carbocycles. The second-order valence-electron chi connectivity index (χ2n) is 15.5. The van der Waals surface area contributed by atoms with Crippen molar-refractivity contribution in [3.8, 4) is 0 Å². The molecule has 0 spiro atoms. The third-order valence-electron chi connectivity index (χ3n) is 10.6. The maximum Gasteiger partial charge on any atom is 0.326 e. The Morgan fingerprint density at radius 2 is 1.18 bits per heavy atom. The van der Waals surface area contributed by atoms with Gasteiger partial charge in [0.1, 0.15) is 18.1 Å². The Morgan fingerprint density at radius 1 is 0.583 bits per heavy atom. The lowest BCUT2D eigenvalue weighted by Crippen LogP contribution is -2.51. The van der Waals surface area contributed by atoms with Gasteiger partial charge in [0.25, 0.3) is 0 Å². The lowest BCUT2D eigenvalue weighted by molar-refractivity contribution is -0.141. The fraction of sp³-hybridized carbons (Fsp3) is 0.800. The smallest absolute Gasteiger partial charge is 0.326 e. The number of aliphatic carboxylic acids is 3. The van der Waals surface area contributed by atoms with Gasteiger partial charge in [0.2, 0.25) is 23.6 Å². The minimum atomic E-state index is -1.51. The Labute approximate surface area is 351 Å². The molecular formula is C40H68N6O14. The molecule has 20 nitrogen and oxygen atoms in total. The van der Waals surface area contributed by atoms with Crippen LogP contribution in [0, 0.1) is 17.8 Å². The van der Waals surface area contributed by atoms with Crippen LogP contribution in [0.1, 0.15) is 110 Å². The number of rotatable bonds is 31. The van der Waals surface area contributed by atoms with Gasteiger partial charge in [0.05, 0.1) is 39.6 Å². The molecule has 0 aromatic heterocycles. The largest absolute Gasteiger partial charge is 0.481 e. The highest BCUT2D eigenvalue weighted by molar-refractivity contribution is 5.88. The van der Waals surface area contributed by atoms with Crippen LogP contribution in [-0.2, 0) is 47.8 Å². The third kappa shape index (κ3) is 23.9. The molecule has 0 heterocycles. The molecule has 20 heteroatoms. The Hall–Kier alpha value is -4.56. The summed E-state index contributed by atoms with van der Waals surface area (Å²) >= 11 is 0. The van der Waals surface area contributed by atoms with Crippen molar-refractivity contribution in [2.24, 2.45) is 17.8 Å². The number of carbonyl (C=O) groups is 8. The first-order valence-electron chi connectivity index (χ1n) is 21.3. The highest BCUT2D eigenvalue weighted by Crippen LogP contribution is 2.30. The number of nitrogens with one attached hydrogen (secondary N) is 6. The Balaban J connectivity index is 1.69. The molecule has 0 saturated heterocycles. The third-order valence-corrected chi connectivity index (χ3v) is 10.6. The van der Waals surface area contributed by atoms with E-state index in [-0.39, 0.29) is 67.9 Å². The lowest BCUT2D eigenvalue weighted by atomic mass is 9.81. The van der Waals surface area contributed by atoms with E-state index >= 15 is 0 Å². The molecule has 0 aliphatic heterocycles. The fourth-order valence-electron chi connectivity index (χ4n) is 7.21. The summed E-state index contributed by atoms with van der Waals surface area (Å²) in [6.07, 6.45) is 8.63. The summed E-state index contributed by atoms with van der Waals surface area (Å²) in [6, 6.07) is -4.62. The molecule has 6 amide bonds. The lowest BCUT2D eigenvalue weighted by Gasteiger charge is -2.31. The van der Waals surface area contributed by atoms with Gasteiger partial charge in [-0.3, -0.25) is 24.0 Å². The van der Waals surface area contributed by atoms with E-state index in [9.17, 15) is 48.6 Å². The normalized spacial score (nSPS) is 18.2. The summed E-state index contributed by atoms with van der Waals surface area (Å²) < 4.78 is 16.2. The maximum atomic E-state index is 13.4. The quantitative estimate of drug-likeness (QED) is 0.0445. The highest BCUT2D eigenvalue weighted by atomic mass is 16.5. The van der Waals surface area contributed by atoms with Gasteiger partial charge in [0.15, 0.2) is 0 Å². The average Bonchev–Trinajstić information content (AvgIpc) is 3.21. The van der Waals surface area contributed by atoms with Crippen LogP contribution in [0.5, 0.6) is 0 Å². The highest BCUT2D eigenvalue weighted by Gasteiger charge is 2.31. The van der Waals surface area contributed by atoms with E-state index in [1.54, 1.807) is 0 Å². The van der Waals surface area contributed by atoms with Crippen LogP contribution in [0.25, 0.3) is 0 Å². The number of hydrogen-bond donors (Lipinski definition) is 9. The molecule has 0 unspecified atom stereocenters. The van der Waals surface area contributed by atoms with Crippen molar-refractivity contribution in [3.05, 3.63) is 0 Å². The predicted octanol–water partition coefficient (Wildman–Crippen LogP) is 1.30. The van der Waals surface area contributed by atoms with Crippen molar-refractivity contribution in [3.63, 3.8) is 0 Å². The van der Waals surface area contributed by atoms with E-state index in [0.29, 0.717) is 84.1 Å². The van der Waals surface area contributed by atoms with E-state index in [4.69, 9.17) is 19.3 Å². The molecule has 2 aliphatic rings. The van der Waals surface area contributed by atoms with Gasteiger partial charge in [-0.15, -0.1) is 0 Å².